The van der Waals surface area contributed by atoms with Gasteiger partial charge in [0, 0.05) is 35.4 Å². The first kappa shape index (κ1) is 35.1. The van der Waals surface area contributed by atoms with Gasteiger partial charge in [-0.05, 0) is 83.5 Å². The van der Waals surface area contributed by atoms with Crippen molar-refractivity contribution in [3.8, 4) is 11.5 Å². The SMILES string of the molecule is CC(C)(C)NC(=O)c1cccc(Oc2ccc(Nc3ncnc4c3C=C(CNC(C)(C)CO)CCN4)cc2Cl)c1.Cl.Cl. The average molecular weight is 638 g/mol. The zero-order valence-corrected chi connectivity index (χ0v) is 26.8. The molecule has 2 aromatic carbocycles. The van der Waals surface area contributed by atoms with Crippen LogP contribution < -0.4 is 26.0 Å². The largest absolute Gasteiger partial charge is 0.456 e. The number of amides is 1. The maximum Gasteiger partial charge on any atom is 0.251 e. The Morgan fingerprint density at radius 2 is 1.86 bits per heavy atom. The number of anilines is 3. The lowest BCUT2D eigenvalue weighted by molar-refractivity contribution is 0.0919. The highest BCUT2D eigenvalue weighted by Crippen LogP contribution is 2.34. The molecule has 0 unspecified atom stereocenters. The number of aromatic nitrogens is 2. The molecule has 0 aliphatic carbocycles. The van der Waals surface area contributed by atoms with Crippen LogP contribution in [0.3, 0.4) is 0 Å². The normalized spacial score (nSPS) is 12.8. The lowest BCUT2D eigenvalue weighted by Gasteiger charge is -2.24. The molecule has 9 nitrogen and oxygen atoms in total. The van der Waals surface area contributed by atoms with Crippen molar-refractivity contribution < 1.29 is 14.6 Å². The van der Waals surface area contributed by atoms with E-state index in [1.807, 2.05) is 40.7 Å². The Kier molecular flexibility index (Phi) is 12.4. The molecule has 1 aliphatic heterocycles. The van der Waals surface area contributed by atoms with Gasteiger partial charge in [0.25, 0.3) is 5.91 Å². The zero-order valence-electron chi connectivity index (χ0n) is 24.4. The molecule has 3 aromatic rings. The smallest absolute Gasteiger partial charge is 0.251 e. The van der Waals surface area contributed by atoms with Crippen LogP contribution >= 0.6 is 36.4 Å². The van der Waals surface area contributed by atoms with Crippen molar-refractivity contribution in [3.63, 3.8) is 0 Å². The van der Waals surface area contributed by atoms with Crippen LogP contribution in [0.5, 0.6) is 11.5 Å². The highest BCUT2D eigenvalue weighted by molar-refractivity contribution is 6.32. The number of rotatable bonds is 9. The molecule has 2 heterocycles. The maximum atomic E-state index is 12.6. The molecule has 228 valence electrons. The second-order valence-corrected chi connectivity index (χ2v) is 11.9. The van der Waals surface area contributed by atoms with Crippen molar-refractivity contribution >= 4 is 65.7 Å². The lowest BCUT2D eigenvalue weighted by Crippen LogP contribution is -2.43. The topological polar surface area (TPSA) is 120 Å². The van der Waals surface area contributed by atoms with E-state index in [4.69, 9.17) is 16.3 Å². The van der Waals surface area contributed by atoms with Crippen LogP contribution in [0.2, 0.25) is 5.02 Å². The molecule has 0 fully saturated rings. The summed E-state index contributed by atoms with van der Waals surface area (Å²) in [7, 11) is 0. The third kappa shape index (κ3) is 9.74. The molecule has 0 atom stereocenters. The minimum atomic E-state index is -0.377. The van der Waals surface area contributed by atoms with Crippen molar-refractivity contribution in [2.45, 2.75) is 52.1 Å². The van der Waals surface area contributed by atoms with Gasteiger partial charge in [0.1, 0.15) is 29.5 Å². The van der Waals surface area contributed by atoms with Gasteiger partial charge in [-0.1, -0.05) is 23.2 Å². The molecule has 0 spiro atoms. The van der Waals surface area contributed by atoms with Crippen molar-refractivity contribution in [2.24, 2.45) is 0 Å². The fourth-order valence-electron chi connectivity index (χ4n) is 3.98. The van der Waals surface area contributed by atoms with Crippen LogP contribution in [0, 0.1) is 0 Å². The van der Waals surface area contributed by atoms with Crippen LogP contribution in [0.25, 0.3) is 6.08 Å². The molecular formula is C30H39Cl3N6O3. The van der Waals surface area contributed by atoms with Crippen LogP contribution in [0.15, 0.2) is 54.4 Å². The Balaban J connectivity index is 0.00000308. The van der Waals surface area contributed by atoms with E-state index in [9.17, 15) is 9.90 Å². The summed E-state index contributed by atoms with van der Waals surface area (Å²) < 4.78 is 6.01. The van der Waals surface area contributed by atoms with Crippen molar-refractivity contribution in [2.75, 3.05) is 30.3 Å². The van der Waals surface area contributed by atoms with E-state index in [0.29, 0.717) is 34.4 Å². The third-order valence-corrected chi connectivity index (χ3v) is 6.46. The van der Waals surface area contributed by atoms with Crippen LogP contribution in [0.4, 0.5) is 17.3 Å². The Labute approximate surface area is 264 Å². The first-order chi connectivity index (χ1) is 18.9. The van der Waals surface area contributed by atoms with Gasteiger partial charge in [0.15, 0.2) is 0 Å². The van der Waals surface area contributed by atoms with E-state index in [1.165, 1.54) is 11.9 Å². The number of nitrogens with zero attached hydrogens (tertiary/aromatic N) is 2. The predicted molar refractivity (Wildman–Crippen MR) is 175 cm³/mol. The van der Waals surface area contributed by atoms with Crippen LogP contribution in [0.1, 0.15) is 57.0 Å². The molecule has 0 radical (unpaired) electrons. The summed E-state index contributed by atoms with van der Waals surface area (Å²) >= 11 is 6.60. The standard InChI is InChI=1S/C30H37ClN6O3.2ClH/c1-29(2,3)37-28(39)20-7-6-8-22(14-20)40-25-10-9-21(15-24(25)31)36-27-23-13-19(16-35-30(4,5)17-38)11-12-32-26(23)33-18-34-27;;/h6-10,13-15,18,35,38H,11-12,16-17H2,1-5H3,(H,37,39)(H2,32,33,34,36);2*1H. The highest BCUT2D eigenvalue weighted by atomic mass is 35.5. The molecule has 1 aromatic heterocycles. The van der Waals surface area contributed by atoms with Crippen LogP contribution in [-0.2, 0) is 0 Å². The van der Waals surface area contributed by atoms with Gasteiger partial charge < -0.3 is 31.1 Å². The molecule has 4 rings (SSSR count). The van der Waals surface area contributed by atoms with E-state index in [-0.39, 0.29) is 48.4 Å². The highest BCUT2D eigenvalue weighted by Gasteiger charge is 2.19. The maximum absolute atomic E-state index is 12.6. The van der Waals surface area contributed by atoms with Gasteiger partial charge in [-0.25, -0.2) is 9.97 Å². The molecule has 0 saturated heterocycles. The van der Waals surface area contributed by atoms with E-state index in [1.54, 1.807) is 36.4 Å². The number of aliphatic hydroxyl groups is 1. The number of fused-ring (bicyclic) bond motifs is 1. The molecule has 0 saturated carbocycles. The number of ether oxygens (including phenoxy) is 1. The minimum absolute atomic E-state index is 0. The number of hydrogen-bond acceptors (Lipinski definition) is 8. The quantitative estimate of drug-likeness (QED) is 0.178. The van der Waals surface area contributed by atoms with Crippen molar-refractivity contribution in [1.29, 1.82) is 0 Å². The molecule has 42 heavy (non-hydrogen) atoms. The molecule has 1 amide bonds. The van der Waals surface area contributed by atoms with E-state index >= 15 is 0 Å². The number of benzene rings is 2. The molecule has 5 N–H and O–H groups in total. The Bertz CT molecular complexity index is 1410. The Morgan fingerprint density at radius 3 is 2.55 bits per heavy atom. The lowest BCUT2D eigenvalue weighted by atomic mass is 10.0. The molecule has 12 heteroatoms. The zero-order chi connectivity index (χ0) is 28.9. The number of aliphatic hydroxyl groups excluding tert-OH is 1. The average Bonchev–Trinajstić information content (AvgIpc) is 3.11. The van der Waals surface area contributed by atoms with Crippen LogP contribution in [-0.4, -0.2) is 51.8 Å². The van der Waals surface area contributed by atoms with Crippen molar-refractivity contribution in [3.05, 3.63) is 70.5 Å². The summed E-state index contributed by atoms with van der Waals surface area (Å²) in [5, 5.41) is 23.1. The first-order valence-electron chi connectivity index (χ1n) is 13.2. The predicted octanol–water partition coefficient (Wildman–Crippen LogP) is 6.60. The number of nitrogens with one attached hydrogen (secondary N) is 4. The fraction of sp³-hybridized carbons (Fsp3) is 0.367. The number of carbonyl (C=O) groups is 1. The summed E-state index contributed by atoms with van der Waals surface area (Å²) in [4.78, 5) is 21.5. The first-order valence-corrected chi connectivity index (χ1v) is 13.6. The number of halogens is 3. The second kappa shape index (κ2) is 14.9. The van der Waals surface area contributed by atoms with E-state index in [2.05, 4.69) is 37.3 Å². The van der Waals surface area contributed by atoms with Gasteiger partial charge in [-0.3, -0.25) is 4.79 Å². The summed E-state index contributed by atoms with van der Waals surface area (Å²) in [6.07, 6.45) is 4.43. The summed E-state index contributed by atoms with van der Waals surface area (Å²) in [6.45, 7) is 11.2. The van der Waals surface area contributed by atoms with Crippen molar-refractivity contribution in [1.82, 2.24) is 20.6 Å². The van der Waals surface area contributed by atoms with Gasteiger partial charge in [0.2, 0.25) is 0 Å². The Morgan fingerprint density at radius 1 is 1.10 bits per heavy atom. The van der Waals surface area contributed by atoms with Gasteiger partial charge in [-0.15, -0.1) is 24.8 Å². The van der Waals surface area contributed by atoms with Gasteiger partial charge in [0.05, 0.1) is 17.2 Å². The summed E-state index contributed by atoms with van der Waals surface area (Å²) in [5.74, 6) is 2.18. The van der Waals surface area contributed by atoms with E-state index < -0.39 is 0 Å². The third-order valence-electron chi connectivity index (χ3n) is 6.17. The number of carbonyl (C=O) groups excluding carboxylic acids is 1. The van der Waals surface area contributed by atoms with Gasteiger partial charge in [-0.2, -0.15) is 0 Å². The van der Waals surface area contributed by atoms with Gasteiger partial charge >= 0.3 is 0 Å². The summed E-state index contributed by atoms with van der Waals surface area (Å²) in [5.41, 5.74) is 2.53. The molecule has 0 bridgehead atoms. The molecular weight excluding hydrogens is 599 g/mol. The van der Waals surface area contributed by atoms with E-state index in [0.717, 1.165) is 30.0 Å². The Hall–Kier alpha value is -3.08. The molecule has 1 aliphatic rings. The minimum Gasteiger partial charge on any atom is -0.456 e. The summed E-state index contributed by atoms with van der Waals surface area (Å²) in [6, 6.07) is 12.4. The second-order valence-electron chi connectivity index (χ2n) is 11.5. The number of hydrogen-bond donors (Lipinski definition) is 5. The fourth-order valence-corrected chi connectivity index (χ4v) is 4.20. The monoisotopic (exact) mass is 636 g/mol.